The van der Waals surface area contributed by atoms with E-state index in [-0.39, 0.29) is 6.04 Å². The number of hydrogen-bond donors (Lipinski definition) is 1. The zero-order valence-electron chi connectivity index (χ0n) is 10.1. The fourth-order valence-electron chi connectivity index (χ4n) is 1.97. The number of fused-ring (bicyclic) bond motifs is 1. The molecule has 1 N–H and O–H groups in total. The largest absolute Gasteiger partial charge is 0.372 e. The van der Waals surface area contributed by atoms with E-state index >= 15 is 0 Å². The van der Waals surface area contributed by atoms with Gasteiger partial charge in [0.1, 0.15) is 0 Å². The molecule has 0 aliphatic rings. The fraction of sp³-hybridized carbons (Fsp3) is 0.250. The SMILES string of the molecule is C#CC(CCC)Nc1ccc2ccccc2c1. The molecule has 2 rings (SSSR count). The normalized spacial score (nSPS) is 12.0. The van der Waals surface area contributed by atoms with Crippen molar-refractivity contribution in [1.29, 1.82) is 0 Å². The molecule has 1 atom stereocenters. The van der Waals surface area contributed by atoms with Gasteiger partial charge in [0.2, 0.25) is 0 Å². The number of hydrogen-bond acceptors (Lipinski definition) is 1. The molecule has 0 aromatic heterocycles. The second-order valence-electron chi connectivity index (χ2n) is 4.21. The summed E-state index contributed by atoms with van der Waals surface area (Å²) in [6, 6.07) is 14.8. The van der Waals surface area contributed by atoms with Gasteiger partial charge in [0.15, 0.2) is 0 Å². The molecule has 1 nitrogen and oxygen atoms in total. The van der Waals surface area contributed by atoms with Gasteiger partial charge in [-0.05, 0) is 29.3 Å². The van der Waals surface area contributed by atoms with E-state index in [4.69, 9.17) is 6.42 Å². The topological polar surface area (TPSA) is 12.0 Å². The number of terminal acetylenes is 1. The first kappa shape index (κ1) is 11.5. The Morgan fingerprint density at radius 3 is 2.65 bits per heavy atom. The van der Waals surface area contributed by atoms with Crippen molar-refractivity contribution >= 4 is 16.5 Å². The van der Waals surface area contributed by atoms with Crippen molar-refractivity contribution < 1.29 is 0 Å². The van der Waals surface area contributed by atoms with Gasteiger partial charge >= 0.3 is 0 Å². The van der Waals surface area contributed by atoms with Crippen molar-refractivity contribution in [2.45, 2.75) is 25.8 Å². The molecule has 0 saturated carbocycles. The second-order valence-corrected chi connectivity index (χ2v) is 4.21. The van der Waals surface area contributed by atoms with E-state index in [2.05, 4.69) is 60.6 Å². The average Bonchev–Trinajstić information content (AvgIpc) is 2.38. The number of anilines is 1. The minimum atomic E-state index is 0.126. The molecule has 17 heavy (non-hydrogen) atoms. The maximum Gasteiger partial charge on any atom is 0.0874 e. The van der Waals surface area contributed by atoms with Crippen LogP contribution in [0.15, 0.2) is 42.5 Å². The lowest BCUT2D eigenvalue weighted by molar-refractivity contribution is 0.756. The van der Waals surface area contributed by atoms with Crippen LogP contribution in [0.1, 0.15) is 19.8 Å². The van der Waals surface area contributed by atoms with Crippen molar-refractivity contribution in [3.63, 3.8) is 0 Å². The van der Waals surface area contributed by atoms with Crippen LogP contribution in [0.3, 0.4) is 0 Å². The average molecular weight is 223 g/mol. The van der Waals surface area contributed by atoms with Crippen molar-refractivity contribution in [3.8, 4) is 12.3 Å². The molecule has 0 bridgehead atoms. The first-order chi connectivity index (χ1) is 8.33. The Hall–Kier alpha value is -1.94. The zero-order valence-corrected chi connectivity index (χ0v) is 10.1. The summed E-state index contributed by atoms with van der Waals surface area (Å²) in [5.41, 5.74) is 1.10. The summed E-state index contributed by atoms with van der Waals surface area (Å²) in [4.78, 5) is 0. The monoisotopic (exact) mass is 223 g/mol. The molecule has 0 fully saturated rings. The third-order valence-electron chi connectivity index (χ3n) is 2.87. The minimum Gasteiger partial charge on any atom is -0.372 e. The molecule has 1 unspecified atom stereocenters. The van der Waals surface area contributed by atoms with Gasteiger partial charge in [0.25, 0.3) is 0 Å². The molecule has 0 aliphatic heterocycles. The van der Waals surface area contributed by atoms with Crippen LogP contribution in [0.25, 0.3) is 10.8 Å². The highest BCUT2D eigenvalue weighted by molar-refractivity contribution is 5.85. The van der Waals surface area contributed by atoms with Crippen molar-refractivity contribution in [2.75, 3.05) is 5.32 Å². The lowest BCUT2D eigenvalue weighted by Gasteiger charge is -2.13. The highest BCUT2D eigenvalue weighted by Gasteiger charge is 2.03. The van der Waals surface area contributed by atoms with E-state index in [1.807, 2.05) is 0 Å². The van der Waals surface area contributed by atoms with Crippen LogP contribution in [-0.2, 0) is 0 Å². The Labute approximate surface area is 103 Å². The van der Waals surface area contributed by atoms with Crippen LogP contribution in [0.4, 0.5) is 5.69 Å². The van der Waals surface area contributed by atoms with Gasteiger partial charge in [-0.2, -0.15) is 0 Å². The molecule has 0 aliphatic carbocycles. The first-order valence-corrected chi connectivity index (χ1v) is 6.05. The molecular weight excluding hydrogens is 206 g/mol. The Morgan fingerprint density at radius 2 is 1.94 bits per heavy atom. The quantitative estimate of drug-likeness (QED) is 0.771. The molecule has 0 radical (unpaired) electrons. The minimum absolute atomic E-state index is 0.126. The van der Waals surface area contributed by atoms with E-state index in [0.29, 0.717) is 0 Å². The Bertz CT molecular complexity index is 536. The first-order valence-electron chi connectivity index (χ1n) is 6.05. The van der Waals surface area contributed by atoms with Crippen LogP contribution in [0.2, 0.25) is 0 Å². The summed E-state index contributed by atoms with van der Waals surface area (Å²) in [7, 11) is 0. The third kappa shape index (κ3) is 2.79. The predicted octanol–water partition coefficient (Wildman–Crippen LogP) is 4.05. The summed E-state index contributed by atoms with van der Waals surface area (Å²) >= 11 is 0. The molecular formula is C16H17N. The Kier molecular flexibility index (Phi) is 3.67. The summed E-state index contributed by atoms with van der Waals surface area (Å²) in [5, 5.41) is 5.88. The molecule has 2 aromatic rings. The van der Waals surface area contributed by atoms with Crippen LogP contribution in [-0.4, -0.2) is 6.04 Å². The van der Waals surface area contributed by atoms with Crippen molar-refractivity contribution in [1.82, 2.24) is 0 Å². The van der Waals surface area contributed by atoms with Crippen LogP contribution >= 0.6 is 0 Å². The molecule has 0 amide bonds. The highest BCUT2D eigenvalue weighted by atomic mass is 14.9. The molecule has 0 heterocycles. The highest BCUT2D eigenvalue weighted by Crippen LogP contribution is 2.19. The lowest BCUT2D eigenvalue weighted by atomic mass is 10.1. The van der Waals surface area contributed by atoms with E-state index in [0.717, 1.165) is 18.5 Å². The Balaban J connectivity index is 2.22. The second kappa shape index (κ2) is 5.41. The fourth-order valence-corrected chi connectivity index (χ4v) is 1.97. The summed E-state index contributed by atoms with van der Waals surface area (Å²) in [6.07, 6.45) is 7.60. The molecule has 0 saturated heterocycles. The van der Waals surface area contributed by atoms with Gasteiger partial charge in [-0.3, -0.25) is 0 Å². The van der Waals surface area contributed by atoms with E-state index < -0.39 is 0 Å². The molecule has 2 aromatic carbocycles. The van der Waals surface area contributed by atoms with Crippen molar-refractivity contribution in [2.24, 2.45) is 0 Å². The van der Waals surface area contributed by atoms with E-state index in [1.165, 1.54) is 10.8 Å². The molecule has 86 valence electrons. The standard InChI is InChI=1S/C16H17N/c1-3-7-15(4-2)17-16-11-10-13-8-5-6-9-14(13)12-16/h2,5-6,8-12,15,17H,3,7H2,1H3. The molecule has 0 spiro atoms. The van der Waals surface area contributed by atoms with Gasteiger partial charge in [-0.15, -0.1) is 6.42 Å². The maximum atomic E-state index is 5.51. The zero-order chi connectivity index (χ0) is 12.1. The van der Waals surface area contributed by atoms with Gasteiger partial charge in [-0.25, -0.2) is 0 Å². The number of rotatable bonds is 4. The van der Waals surface area contributed by atoms with Crippen LogP contribution in [0.5, 0.6) is 0 Å². The third-order valence-corrected chi connectivity index (χ3v) is 2.87. The summed E-state index contributed by atoms with van der Waals surface area (Å²) in [5.74, 6) is 2.79. The van der Waals surface area contributed by atoms with E-state index in [9.17, 15) is 0 Å². The van der Waals surface area contributed by atoms with Gasteiger partial charge in [-0.1, -0.05) is 49.6 Å². The van der Waals surface area contributed by atoms with Crippen LogP contribution in [0, 0.1) is 12.3 Å². The maximum absolute atomic E-state index is 5.51. The lowest BCUT2D eigenvalue weighted by Crippen LogP contribution is -2.16. The smallest absolute Gasteiger partial charge is 0.0874 e. The summed E-state index contributed by atoms with van der Waals surface area (Å²) < 4.78 is 0. The molecule has 1 heteroatoms. The predicted molar refractivity (Wildman–Crippen MR) is 75.1 cm³/mol. The van der Waals surface area contributed by atoms with Gasteiger partial charge in [0.05, 0.1) is 6.04 Å². The van der Waals surface area contributed by atoms with Gasteiger partial charge in [0, 0.05) is 5.69 Å². The van der Waals surface area contributed by atoms with Crippen LogP contribution < -0.4 is 5.32 Å². The van der Waals surface area contributed by atoms with Gasteiger partial charge < -0.3 is 5.32 Å². The number of benzene rings is 2. The summed E-state index contributed by atoms with van der Waals surface area (Å²) in [6.45, 7) is 2.15. The van der Waals surface area contributed by atoms with Crippen molar-refractivity contribution in [3.05, 3.63) is 42.5 Å². The number of nitrogens with one attached hydrogen (secondary N) is 1. The Morgan fingerprint density at radius 1 is 1.18 bits per heavy atom. The van der Waals surface area contributed by atoms with E-state index in [1.54, 1.807) is 0 Å².